The third-order valence-electron chi connectivity index (χ3n) is 3.51. The summed E-state index contributed by atoms with van der Waals surface area (Å²) in [7, 11) is 0. The molecule has 0 aliphatic carbocycles. The van der Waals surface area contributed by atoms with E-state index in [0.29, 0.717) is 18.1 Å². The standard InChI is InChI=1S/C14H18ClN3O3/c15-9-1-2-12(19)11(7-9)14(21)17-10-3-5-18(6-4-10)8-13(16)20/h1-2,7,10,19H,3-6,8H2,(H2,16,20)(H,17,21). The average Bonchev–Trinajstić information content (AvgIpc) is 2.43. The molecule has 2 amide bonds. The van der Waals surface area contributed by atoms with Crippen LogP contribution in [-0.2, 0) is 4.79 Å². The summed E-state index contributed by atoms with van der Waals surface area (Å²) in [6.07, 6.45) is 1.47. The SMILES string of the molecule is NC(=O)CN1CCC(NC(=O)c2cc(Cl)ccc2O)CC1. The van der Waals surface area contributed by atoms with E-state index in [-0.39, 0.29) is 35.7 Å². The Bertz CT molecular complexity index is 542. The summed E-state index contributed by atoms with van der Waals surface area (Å²) in [6, 6.07) is 4.37. The van der Waals surface area contributed by atoms with Gasteiger partial charge >= 0.3 is 0 Å². The molecule has 114 valence electrons. The number of phenols is 1. The van der Waals surface area contributed by atoms with Crippen LogP contribution in [0.1, 0.15) is 23.2 Å². The van der Waals surface area contributed by atoms with E-state index in [0.717, 1.165) is 12.8 Å². The van der Waals surface area contributed by atoms with E-state index in [2.05, 4.69) is 5.32 Å². The molecule has 21 heavy (non-hydrogen) atoms. The number of nitrogens with zero attached hydrogens (tertiary/aromatic N) is 1. The first kappa shape index (κ1) is 15.6. The third kappa shape index (κ3) is 4.34. The predicted octanol–water partition coefficient (Wildman–Crippen LogP) is 0.725. The fraction of sp³-hybridized carbons (Fsp3) is 0.429. The molecule has 1 saturated heterocycles. The molecule has 1 heterocycles. The lowest BCUT2D eigenvalue weighted by molar-refractivity contribution is -0.119. The summed E-state index contributed by atoms with van der Waals surface area (Å²) in [4.78, 5) is 24.9. The second-order valence-corrected chi connectivity index (χ2v) is 5.59. The lowest BCUT2D eigenvalue weighted by atomic mass is 10.0. The maximum atomic E-state index is 12.1. The normalized spacial score (nSPS) is 16.6. The summed E-state index contributed by atoms with van der Waals surface area (Å²) in [5.41, 5.74) is 5.32. The molecule has 0 spiro atoms. The van der Waals surface area contributed by atoms with Gasteiger partial charge in [-0.15, -0.1) is 0 Å². The van der Waals surface area contributed by atoms with Crippen molar-refractivity contribution in [1.82, 2.24) is 10.2 Å². The van der Waals surface area contributed by atoms with Gasteiger partial charge in [-0.2, -0.15) is 0 Å². The fourth-order valence-electron chi connectivity index (χ4n) is 2.41. The van der Waals surface area contributed by atoms with Gasteiger partial charge in [-0.1, -0.05) is 11.6 Å². The van der Waals surface area contributed by atoms with Gasteiger partial charge in [0.2, 0.25) is 5.91 Å². The number of primary amides is 1. The van der Waals surface area contributed by atoms with Gasteiger partial charge in [0.15, 0.2) is 0 Å². The van der Waals surface area contributed by atoms with E-state index in [1.807, 2.05) is 4.90 Å². The van der Waals surface area contributed by atoms with Crippen LogP contribution in [0.25, 0.3) is 0 Å². The molecule has 0 radical (unpaired) electrons. The van der Waals surface area contributed by atoms with Crippen LogP contribution in [0.5, 0.6) is 5.75 Å². The van der Waals surface area contributed by atoms with Crippen molar-refractivity contribution in [3.63, 3.8) is 0 Å². The Hall–Kier alpha value is -1.79. The summed E-state index contributed by atoms with van der Waals surface area (Å²) >= 11 is 5.83. The molecule has 6 nitrogen and oxygen atoms in total. The number of phenolic OH excluding ortho intramolecular Hbond substituents is 1. The Balaban J connectivity index is 1.90. The zero-order chi connectivity index (χ0) is 15.4. The van der Waals surface area contributed by atoms with Gasteiger partial charge in [-0.25, -0.2) is 0 Å². The number of carbonyl (C=O) groups excluding carboxylic acids is 2. The number of nitrogens with two attached hydrogens (primary N) is 1. The van der Waals surface area contributed by atoms with E-state index < -0.39 is 0 Å². The van der Waals surface area contributed by atoms with Crippen LogP contribution in [0, 0.1) is 0 Å². The van der Waals surface area contributed by atoms with Crippen molar-refractivity contribution in [2.45, 2.75) is 18.9 Å². The van der Waals surface area contributed by atoms with E-state index in [4.69, 9.17) is 17.3 Å². The van der Waals surface area contributed by atoms with Gasteiger partial charge in [-0.3, -0.25) is 14.5 Å². The molecule has 1 fully saturated rings. The highest BCUT2D eigenvalue weighted by molar-refractivity contribution is 6.31. The van der Waals surface area contributed by atoms with Gasteiger partial charge in [0.05, 0.1) is 12.1 Å². The largest absolute Gasteiger partial charge is 0.507 e. The van der Waals surface area contributed by atoms with Crippen molar-refractivity contribution in [2.75, 3.05) is 19.6 Å². The monoisotopic (exact) mass is 311 g/mol. The molecule has 0 atom stereocenters. The van der Waals surface area contributed by atoms with Crippen LogP contribution in [0.2, 0.25) is 5.02 Å². The quantitative estimate of drug-likeness (QED) is 0.763. The van der Waals surface area contributed by atoms with Crippen molar-refractivity contribution in [3.8, 4) is 5.75 Å². The minimum Gasteiger partial charge on any atom is -0.507 e. The number of amides is 2. The van der Waals surface area contributed by atoms with Gasteiger partial charge < -0.3 is 16.2 Å². The molecule has 0 bridgehead atoms. The second-order valence-electron chi connectivity index (χ2n) is 5.15. The highest BCUT2D eigenvalue weighted by atomic mass is 35.5. The van der Waals surface area contributed by atoms with Gasteiger partial charge in [0.1, 0.15) is 5.75 Å². The molecular formula is C14H18ClN3O3. The second kappa shape index (κ2) is 6.78. The topological polar surface area (TPSA) is 95.7 Å². The lowest BCUT2D eigenvalue weighted by Gasteiger charge is -2.31. The zero-order valence-electron chi connectivity index (χ0n) is 11.5. The number of aromatic hydroxyl groups is 1. The molecule has 0 saturated carbocycles. The van der Waals surface area contributed by atoms with E-state index in [1.165, 1.54) is 18.2 Å². The van der Waals surface area contributed by atoms with Gasteiger partial charge in [0.25, 0.3) is 5.91 Å². The molecule has 0 aromatic heterocycles. The van der Waals surface area contributed by atoms with E-state index in [1.54, 1.807) is 0 Å². The Morgan fingerprint density at radius 1 is 1.38 bits per heavy atom. The number of benzene rings is 1. The highest BCUT2D eigenvalue weighted by Crippen LogP contribution is 2.22. The number of carbonyl (C=O) groups is 2. The average molecular weight is 312 g/mol. The van der Waals surface area contributed by atoms with Crippen molar-refractivity contribution in [2.24, 2.45) is 5.73 Å². The summed E-state index contributed by atoms with van der Waals surface area (Å²) in [6.45, 7) is 1.65. The van der Waals surface area contributed by atoms with E-state index in [9.17, 15) is 14.7 Å². The van der Waals surface area contributed by atoms with Crippen LogP contribution in [0.4, 0.5) is 0 Å². The van der Waals surface area contributed by atoms with E-state index >= 15 is 0 Å². The minimum absolute atomic E-state index is 0.0139. The van der Waals surface area contributed by atoms with Crippen molar-refractivity contribution < 1.29 is 14.7 Å². The Kier molecular flexibility index (Phi) is 5.03. The highest BCUT2D eigenvalue weighted by Gasteiger charge is 2.22. The Labute approximate surface area is 127 Å². The number of halogens is 1. The fourth-order valence-corrected chi connectivity index (χ4v) is 2.58. The van der Waals surface area contributed by atoms with Crippen molar-refractivity contribution in [1.29, 1.82) is 0 Å². The number of hydrogen-bond donors (Lipinski definition) is 3. The molecular weight excluding hydrogens is 294 g/mol. The Morgan fingerprint density at radius 3 is 2.67 bits per heavy atom. The lowest BCUT2D eigenvalue weighted by Crippen LogP contribution is -2.46. The molecule has 1 aliphatic rings. The first-order chi connectivity index (χ1) is 9.95. The van der Waals surface area contributed by atoms with Crippen LogP contribution >= 0.6 is 11.6 Å². The minimum atomic E-state index is -0.346. The first-order valence-corrected chi connectivity index (χ1v) is 7.13. The van der Waals surface area contributed by atoms with Crippen LogP contribution in [0.3, 0.4) is 0 Å². The molecule has 7 heteroatoms. The first-order valence-electron chi connectivity index (χ1n) is 6.75. The number of likely N-dealkylation sites (tertiary alicyclic amines) is 1. The number of hydrogen-bond acceptors (Lipinski definition) is 4. The Morgan fingerprint density at radius 2 is 2.05 bits per heavy atom. The number of rotatable bonds is 4. The molecule has 1 aromatic rings. The molecule has 2 rings (SSSR count). The molecule has 0 unspecified atom stereocenters. The van der Waals surface area contributed by atoms with Crippen LogP contribution < -0.4 is 11.1 Å². The molecule has 4 N–H and O–H groups in total. The molecule has 1 aromatic carbocycles. The molecule has 1 aliphatic heterocycles. The summed E-state index contributed by atoms with van der Waals surface area (Å²) < 4.78 is 0. The van der Waals surface area contributed by atoms with Crippen molar-refractivity contribution in [3.05, 3.63) is 28.8 Å². The zero-order valence-corrected chi connectivity index (χ0v) is 12.3. The smallest absolute Gasteiger partial charge is 0.255 e. The maximum Gasteiger partial charge on any atom is 0.255 e. The third-order valence-corrected chi connectivity index (χ3v) is 3.74. The number of piperidine rings is 1. The van der Waals surface area contributed by atoms with Gasteiger partial charge in [-0.05, 0) is 31.0 Å². The summed E-state index contributed by atoms with van der Waals surface area (Å²) in [5, 5.41) is 13.0. The summed E-state index contributed by atoms with van der Waals surface area (Å²) in [5.74, 6) is -0.784. The predicted molar refractivity (Wildman–Crippen MR) is 79.2 cm³/mol. The maximum absolute atomic E-state index is 12.1. The van der Waals surface area contributed by atoms with Crippen LogP contribution in [-0.4, -0.2) is 47.5 Å². The number of nitrogens with one attached hydrogen (secondary N) is 1. The van der Waals surface area contributed by atoms with Crippen molar-refractivity contribution >= 4 is 23.4 Å². The van der Waals surface area contributed by atoms with Crippen LogP contribution in [0.15, 0.2) is 18.2 Å². The van der Waals surface area contributed by atoms with Gasteiger partial charge in [0, 0.05) is 24.2 Å².